The largest absolute Gasteiger partial charge is 0.347 e. The van der Waals surface area contributed by atoms with Gasteiger partial charge in [-0.1, -0.05) is 46.8 Å². The highest BCUT2D eigenvalue weighted by Crippen LogP contribution is 2.42. The van der Waals surface area contributed by atoms with Crippen LogP contribution in [0.25, 0.3) is 0 Å². The highest BCUT2D eigenvalue weighted by molar-refractivity contribution is 7.71. The van der Waals surface area contributed by atoms with E-state index in [0.29, 0.717) is 17.3 Å². The van der Waals surface area contributed by atoms with Gasteiger partial charge in [0.25, 0.3) is 0 Å². The van der Waals surface area contributed by atoms with Crippen LogP contribution in [0.3, 0.4) is 0 Å². The fourth-order valence-electron chi connectivity index (χ4n) is 3.23. The monoisotopic (exact) mass is 292 g/mol. The maximum absolute atomic E-state index is 5.33. The molecule has 0 bridgehead atoms. The van der Waals surface area contributed by atoms with Crippen molar-refractivity contribution in [3.63, 3.8) is 0 Å². The van der Waals surface area contributed by atoms with Gasteiger partial charge in [-0.2, -0.15) is 0 Å². The molecule has 2 nitrogen and oxygen atoms in total. The van der Waals surface area contributed by atoms with Crippen molar-refractivity contribution < 1.29 is 0 Å². The topological polar surface area (TPSA) is 28.7 Å². The van der Waals surface area contributed by atoms with Crippen molar-refractivity contribution >= 4 is 12.2 Å². The van der Waals surface area contributed by atoms with Crippen LogP contribution in [0.4, 0.5) is 0 Å². The van der Waals surface area contributed by atoms with Gasteiger partial charge in [-0.15, -0.1) is 0 Å². The summed E-state index contributed by atoms with van der Waals surface area (Å²) in [5.41, 5.74) is 1.66. The van der Waals surface area contributed by atoms with E-state index < -0.39 is 0 Å². The van der Waals surface area contributed by atoms with Crippen molar-refractivity contribution in [2.75, 3.05) is 0 Å². The molecule has 0 aliphatic heterocycles. The predicted octanol–water partition coefficient (Wildman–Crippen LogP) is 5.58. The van der Waals surface area contributed by atoms with Gasteiger partial charge >= 0.3 is 0 Å². The van der Waals surface area contributed by atoms with Gasteiger partial charge in [0.1, 0.15) is 10.5 Å². The summed E-state index contributed by atoms with van der Waals surface area (Å²) in [6.45, 7) is 11.5. The van der Waals surface area contributed by atoms with Crippen molar-refractivity contribution in [1.82, 2.24) is 9.97 Å². The predicted molar refractivity (Wildman–Crippen MR) is 87.7 cm³/mol. The van der Waals surface area contributed by atoms with Crippen LogP contribution in [0.1, 0.15) is 83.7 Å². The number of hydrogen-bond donors (Lipinski definition) is 1. The standard InChI is InChI=1S/C17H28N2S/c1-11(2)14-10-15(20)19-16(18-14)12-6-8-13(9-7-12)17(3,4)5/h10-13H,6-9H2,1-5H3,(H,18,19,20). The second-order valence-corrected chi connectivity index (χ2v) is 8.05. The molecule has 3 heteroatoms. The molecule has 20 heavy (non-hydrogen) atoms. The lowest BCUT2D eigenvalue weighted by Crippen LogP contribution is -2.26. The highest BCUT2D eigenvalue weighted by atomic mass is 32.1. The molecule has 0 amide bonds. The third kappa shape index (κ3) is 3.69. The van der Waals surface area contributed by atoms with Crippen molar-refractivity contribution in [2.24, 2.45) is 11.3 Å². The quantitative estimate of drug-likeness (QED) is 0.720. The average Bonchev–Trinajstić information content (AvgIpc) is 2.37. The van der Waals surface area contributed by atoms with E-state index in [1.54, 1.807) is 0 Å². The van der Waals surface area contributed by atoms with Crippen molar-refractivity contribution in [3.05, 3.63) is 22.2 Å². The van der Waals surface area contributed by atoms with Crippen molar-refractivity contribution in [3.8, 4) is 0 Å². The summed E-state index contributed by atoms with van der Waals surface area (Å²) in [7, 11) is 0. The molecule has 0 unspecified atom stereocenters. The smallest absolute Gasteiger partial charge is 0.130 e. The van der Waals surface area contributed by atoms with E-state index in [2.05, 4.69) is 44.6 Å². The molecule has 112 valence electrons. The van der Waals surface area contributed by atoms with E-state index >= 15 is 0 Å². The molecule has 2 rings (SSSR count). The summed E-state index contributed by atoms with van der Waals surface area (Å²) < 4.78 is 0.736. The summed E-state index contributed by atoms with van der Waals surface area (Å²) in [5.74, 6) is 3.00. The van der Waals surface area contributed by atoms with Crippen LogP contribution in [0, 0.1) is 16.0 Å². The molecule has 0 atom stereocenters. The van der Waals surface area contributed by atoms with E-state index in [9.17, 15) is 0 Å². The first-order valence-corrected chi connectivity index (χ1v) is 8.29. The number of aromatic amines is 1. The molecule has 1 aromatic heterocycles. The Morgan fingerprint density at radius 1 is 1.20 bits per heavy atom. The lowest BCUT2D eigenvalue weighted by Gasteiger charge is -2.36. The Labute approximate surface area is 128 Å². The molecule has 0 radical (unpaired) electrons. The minimum Gasteiger partial charge on any atom is -0.347 e. The normalized spacial score (nSPS) is 24.1. The zero-order valence-electron chi connectivity index (χ0n) is 13.5. The summed E-state index contributed by atoms with van der Waals surface area (Å²) >= 11 is 5.33. The summed E-state index contributed by atoms with van der Waals surface area (Å²) in [4.78, 5) is 8.12. The molecule has 0 aromatic carbocycles. The molecule has 0 saturated heterocycles. The zero-order valence-corrected chi connectivity index (χ0v) is 14.3. The molecule has 1 fully saturated rings. The Kier molecular flexibility index (Phi) is 4.68. The number of H-pyrrole nitrogens is 1. The molecular formula is C17H28N2S. The highest BCUT2D eigenvalue weighted by Gasteiger charge is 2.31. The molecule has 1 aliphatic rings. The lowest BCUT2D eigenvalue weighted by atomic mass is 9.69. The van der Waals surface area contributed by atoms with Crippen LogP contribution in [0.15, 0.2) is 6.07 Å². The summed E-state index contributed by atoms with van der Waals surface area (Å²) in [5, 5.41) is 0. The molecule has 1 N–H and O–H groups in total. The Balaban J connectivity index is 2.13. The zero-order chi connectivity index (χ0) is 14.9. The fraction of sp³-hybridized carbons (Fsp3) is 0.765. The van der Waals surface area contributed by atoms with Crippen LogP contribution in [-0.4, -0.2) is 9.97 Å². The van der Waals surface area contributed by atoms with Crippen LogP contribution < -0.4 is 0 Å². The maximum atomic E-state index is 5.33. The lowest BCUT2D eigenvalue weighted by molar-refractivity contribution is 0.167. The van der Waals surface area contributed by atoms with Crippen LogP contribution in [-0.2, 0) is 0 Å². The number of hydrogen-bond acceptors (Lipinski definition) is 2. The molecule has 0 spiro atoms. The number of nitrogens with zero attached hydrogens (tertiary/aromatic N) is 1. The minimum atomic E-state index is 0.436. The minimum absolute atomic E-state index is 0.436. The van der Waals surface area contributed by atoms with Crippen LogP contribution in [0.2, 0.25) is 0 Å². The number of aromatic nitrogens is 2. The summed E-state index contributed by atoms with van der Waals surface area (Å²) in [6.07, 6.45) is 5.09. The van der Waals surface area contributed by atoms with Gasteiger partial charge in [-0.05, 0) is 49.0 Å². The van der Waals surface area contributed by atoms with Crippen LogP contribution in [0.5, 0.6) is 0 Å². The van der Waals surface area contributed by atoms with Gasteiger partial charge in [-0.25, -0.2) is 4.98 Å². The van der Waals surface area contributed by atoms with Crippen LogP contribution >= 0.6 is 12.2 Å². The first-order chi connectivity index (χ1) is 9.27. The fourth-order valence-corrected chi connectivity index (χ4v) is 3.46. The van der Waals surface area contributed by atoms with Gasteiger partial charge in [0.2, 0.25) is 0 Å². The second kappa shape index (κ2) is 5.97. The first-order valence-electron chi connectivity index (χ1n) is 7.88. The van der Waals surface area contributed by atoms with Crippen molar-refractivity contribution in [2.45, 2.75) is 72.1 Å². The third-order valence-corrected chi connectivity index (χ3v) is 4.95. The molecular weight excluding hydrogens is 264 g/mol. The van der Waals surface area contributed by atoms with Gasteiger partial charge < -0.3 is 4.98 Å². The number of rotatable bonds is 2. The SMILES string of the molecule is CC(C)c1cc(=S)nc(C2CCC(C(C)(C)C)CC2)[nH]1. The molecule has 1 aliphatic carbocycles. The first kappa shape index (κ1) is 15.7. The third-order valence-electron chi connectivity index (χ3n) is 4.74. The van der Waals surface area contributed by atoms with Gasteiger partial charge in [0.15, 0.2) is 0 Å². The Bertz CT molecular complexity index is 502. The molecule has 1 aromatic rings. The summed E-state index contributed by atoms with van der Waals surface area (Å²) in [6, 6.07) is 2.00. The molecule has 1 saturated carbocycles. The second-order valence-electron chi connectivity index (χ2n) is 7.63. The average molecular weight is 292 g/mol. The Morgan fingerprint density at radius 2 is 1.80 bits per heavy atom. The van der Waals surface area contributed by atoms with Gasteiger partial charge in [0, 0.05) is 11.6 Å². The van der Waals surface area contributed by atoms with Crippen molar-refractivity contribution in [1.29, 1.82) is 0 Å². The van der Waals surface area contributed by atoms with Gasteiger partial charge in [0.05, 0.1) is 0 Å². The van der Waals surface area contributed by atoms with E-state index in [0.717, 1.165) is 16.4 Å². The van der Waals surface area contributed by atoms with E-state index in [4.69, 9.17) is 12.2 Å². The molecule has 1 heterocycles. The van der Waals surface area contributed by atoms with E-state index in [1.807, 2.05) is 6.07 Å². The maximum Gasteiger partial charge on any atom is 0.130 e. The van der Waals surface area contributed by atoms with E-state index in [1.165, 1.54) is 31.4 Å². The van der Waals surface area contributed by atoms with Gasteiger partial charge in [-0.3, -0.25) is 0 Å². The Hall–Kier alpha value is -0.700. The number of nitrogens with one attached hydrogen (secondary N) is 1. The Morgan fingerprint density at radius 3 is 2.30 bits per heavy atom. The van der Waals surface area contributed by atoms with E-state index in [-0.39, 0.29) is 0 Å².